The van der Waals surface area contributed by atoms with Crippen LogP contribution in [0.2, 0.25) is 0 Å². The molecule has 2 aromatic rings. The molecule has 2 atom stereocenters. The lowest BCUT2D eigenvalue weighted by molar-refractivity contribution is 0.107. The van der Waals surface area contributed by atoms with Crippen LogP contribution in [0.5, 0.6) is 6.01 Å². The average Bonchev–Trinajstić information content (AvgIpc) is 3.11. The van der Waals surface area contributed by atoms with E-state index in [4.69, 9.17) is 4.74 Å². The Labute approximate surface area is 159 Å². The summed E-state index contributed by atoms with van der Waals surface area (Å²) in [5.74, 6) is 0.149. The summed E-state index contributed by atoms with van der Waals surface area (Å²) in [6.45, 7) is 1.68. The highest BCUT2D eigenvalue weighted by Crippen LogP contribution is 2.40. The third-order valence-corrected chi connectivity index (χ3v) is 6.03. The van der Waals surface area contributed by atoms with Gasteiger partial charge in [-0.05, 0) is 47.4 Å². The second kappa shape index (κ2) is 6.56. The zero-order chi connectivity index (χ0) is 18.5. The number of nitrogens with zero attached hydrogens (tertiary/aromatic N) is 4. The maximum Gasteiger partial charge on any atom is 0.319 e. The van der Waals surface area contributed by atoms with E-state index in [-0.39, 0.29) is 17.1 Å². The summed E-state index contributed by atoms with van der Waals surface area (Å²) in [5, 5.41) is 0.604. The van der Waals surface area contributed by atoms with Crippen molar-refractivity contribution >= 4 is 32.7 Å². The first-order valence-electron chi connectivity index (χ1n) is 8.75. The van der Waals surface area contributed by atoms with E-state index in [1.54, 1.807) is 11.0 Å². The first-order chi connectivity index (χ1) is 12.4. The molecule has 4 rings (SSSR count). The van der Waals surface area contributed by atoms with Crippen LogP contribution < -0.4 is 9.64 Å². The van der Waals surface area contributed by atoms with Crippen molar-refractivity contribution in [1.29, 1.82) is 0 Å². The van der Waals surface area contributed by atoms with Crippen molar-refractivity contribution in [2.75, 3.05) is 38.7 Å². The largest absolute Gasteiger partial charge is 0.461 e. The lowest BCUT2D eigenvalue weighted by Crippen LogP contribution is -2.43. The van der Waals surface area contributed by atoms with Crippen LogP contribution in [0, 0.1) is 5.82 Å². The van der Waals surface area contributed by atoms with E-state index in [0.29, 0.717) is 30.8 Å². The SMILES string of the molecule is CN(C)c1nc(OC[C@@]23CCCN2C[C@H](F)C3)nc2c(F)ccc(Br)c12. The normalized spacial score (nSPS) is 25.7. The van der Waals surface area contributed by atoms with Crippen LogP contribution in [0.1, 0.15) is 19.3 Å². The molecule has 26 heavy (non-hydrogen) atoms. The van der Waals surface area contributed by atoms with Crippen molar-refractivity contribution < 1.29 is 13.5 Å². The molecule has 5 nitrogen and oxygen atoms in total. The van der Waals surface area contributed by atoms with Crippen LogP contribution in [-0.4, -0.2) is 60.4 Å². The first kappa shape index (κ1) is 17.9. The number of alkyl halides is 1. The number of anilines is 1. The molecule has 0 unspecified atom stereocenters. The molecule has 0 saturated carbocycles. The number of fused-ring (bicyclic) bond motifs is 2. The van der Waals surface area contributed by atoms with Gasteiger partial charge >= 0.3 is 6.01 Å². The number of halogens is 3. The van der Waals surface area contributed by atoms with Crippen LogP contribution in [0.4, 0.5) is 14.6 Å². The number of hydrogen-bond donors (Lipinski definition) is 0. The topological polar surface area (TPSA) is 41.5 Å². The predicted octanol–water partition coefficient (Wildman–Crippen LogP) is 3.55. The molecule has 2 saturated heterocycles. The Kier molecular flexibility index (Phi) is 4.51. The van der Waals surface area contributed by atoms with Gasteiger partial charge in [0, 0.05) is 31.5 Å². The summed E-state index contributed by atoms with van der Waals surface area (Å²) in [7, 11) is 3.68. The van der Waals surface area contributed by atoms with Gasteiger partial charge in [0.25, 0.3) is 0 Å². The summed E-state index contributed by atoms with van der Waals surface area (Å²) in [4.78, 5) is 12.7. The third kappa shape index (κ3) is 2.93. The Morgan fingerprint density at radius 1 is 1.38 bits per heavy atom. The summed E-state index contributed by atoms with van der Waals surface area (Å²) in [5.41, 5.74) is -0.0742. The molecular formula is C18H21BrF2N4O. The van der Waals surface area contributed by atoms with E-state index < -0.39 is 12.0 Å². The zero-order valence-corrected chi connectivity index (χ0v) is 16.4. The number of benzene rings is 1. The Hall–Kier alpha value is -1.54. The molecule has 140 valence electrons. The summed E-state index contributed by atoms with van der Waals surface area (Å²) < 4.78 is 34.9. The molecule has 0 amide bonds. The van der Waals surface area contributed by atoms with E-state index in [0.717, 1.165) is 23.9 Å². The molecule has 1 aromatic carbocycles. The van der Waals surface area contributed by atoms with Gasteiger partial charge in [-0.3, -0.25) is 4.90 Å². The number of ether oxygens (including phenoxy) is 1. The Morgan fingerprint density at radius 2 is 2.19 bits per heavy atom. The van der Waals surface area contributed by atoms with Crippen molar-refractivity contribution in [3.63, 3.8) is 0 Å². The number of rotatable bonds is 4. The molecule has 1 aromatic heterocycles. The maximum atomic E-state index is 14.4. The second-order valence-electron chi connectivity index (χ2n) is 7.34. The molecule has 3 heterocycles. The van der Waals surface area contributed by atoms with Gasteiger partial charge < -0.3 is 9.64 Å². The predicted molar refractivity (Wildman–Crippen MR) is 100 cm³/mol. The highest BCUT2D eigenvalue weighted by molar-refractivity contribution is 9.10. The van der Waals surface area contributed by atoms with Gasteiger partial charge in [-0.2, -0.15) is 9.97 Å². The Balaban J connectivity index is 1.68. The van der Waals surface area contributed by atoms with Gasteiger partial charge in [-0.15, -0.1) is 0 Å². The Bertz CT molecular complexity index is 850. The minimum atomic E-state index is -0.817. The first-order valence-corrected chi connectivity index (χ1v) is 9.54. The molecular weight excluding hydrogens is 406 g/mol. The molecule has 2 aliphatic rings. The fraction of sp³-hybridized carbons (Fsp3) is 0.556. The smallest absolute Gasteiger partial charge is 0.319 e. The maximum absolute atomic E-state index is 14.4. The standard InChI is InChI=1S/C18H21BrF2N4O/c1-24(2)16-14-12(19)4-5-13(21)15(14)22-17(23-16)26-10-18-6-3-7-25(18)9-11(20)8-18/h4-5,11H,3,6-10H2,1-2H3/t11-,18+/m1/s1. The molecule has 0 spiro atoms. The minimum Gasteiger partial charge on any atom is -0.461 e. The fourth-order valence-electron chi connectivity index (χ4n) is 4.17. The van der Waals surface area contributed by atoms with Gasteiger partial charge in [-0.25, -0.2) is 8.78 Å². The molecule has 2 fully saturated rings. The van der Waals surface area contributed by atoms with E-state index in [1.165, 1.54) is 6.07 Å². The van der Waals surface area contributed by atoms with Crippen LogP contribution in [0.25, 0.3) is 10.9 Å². The molecule has 0 radical (unpaired) electrons. The van der Waals surface area contributed by atoms with E-state index in [9.17, 15) is 8.78 Å². The minimum absolute atomic E-state index is 0.127. The highest BCUT2D eigenvalue weighted by atomic mass is 79.9. The lowest BCUT2D eigenvalue weighted by atomic mass is 9.95. The van der Waals surface area contributed by atoms with Crippen molar-refractivity contribution in [1.82, 2.24) is 14.9 Å². The molecule has 0 bridgehead atoms. The monoisotopic (exact) mass is 426 g/mol. The van der Waals surface area contributed by atoms with E-state index in [1.807, 2.05) is 14.1 Å². The zero-order valence-electron chi connectivity index (χ0n) is 14.8. The summed E-state index contributed by atoms with van der Waals surface area (Å²) in [6.07, 6.45) is 1.60. The van der Waals surface area contributed by atoms with E-state index in [2.05, 4.69) is 30.8 Å². The summed E-state index contributed by atoms with van der Waals surface area (Å²) >= 11 is 3.45. The molecule has 8 heteroatoms. The van der Waals surface area contributed by atoms with Gasteiger partial charge in [0.15, 0.2) is 0 Å². The average molecular weight is 427 g/mol. The quantitative estimate of drug-likeness (QED) is 0.747. The van der Waals surface area contributed by atoms with Crippen LogP contribution in [0.3, 0.4) is 0 Å². The van der Waals surface area contributed by atoms with Gasteiger partial charge in [0.1, 0.15) is 29.9 Å². The van der Waals surface area contributed by atoms with Crippen molar-refractivity contribution in [3.8, 4) is 6.01 Å². The van der Waals surface area contributed by atoms with Crippen LogP contribution in [0.15, 0.2) is 16.6 Å². The van der Waals surface area contributed by atoms with Crippen molar-refractivity contribution in [2.45, 2.75) is 31.0 Å². The van der Waals surface area contributed by atoms with Crippen LogP contribution >= 0.6 is 15.9 Å². The van der Waals surface area contributed by atoms with E-state index >= 15 is 0 Å². The Morgan fingerprint density at radius 3 is 2.96 bits per heavy atom. The van der Waals surface area contributed by atoms with Gasteiger partial charge in [0.05, 0.1) is 10.9 Å². The number of hydrogen-bond acceptors (Lipinski definition) is 5. The van der Waals surface area contributed by atoms with Gasteiger partial charge in [-0.1, -0.05) is 0 Å². The van der Waals surface area contributed by atoms with Crippen LogP contribution in [-0.2, 0) is 0 Å². The second-order valence-corrected chi connectivity index (χ2v) is 8.20. The molecule has 0 aliphatic carbocycles. The van der Waals surface area contributed by atoms with Gasteiger partial charge in [0.2, 0.25) is 0 Å². The summed E-state index contributed by atoms with van der Waals surface area (Å²) in [6, 6.07) is 3.14. The van der Waals surface area contributed by atoms with Crippen molar-refractivity contribution in [3.05, 3.63) is 22.4 Å². The molecule has 0 N–H and O–H groups in total. The van der Waals surface area contributed by atoms with Crippen molar-refractivity contribution in [2.24, 2.45) is 0 Å². The third-order valence-electron chi connectivity index (χ3n) is 5.36. The lowest BCUT2D eigenvalue weighted by Gasteiger charge is -2.30. The molecule has 2 aliphatic heterocycles. The fourth-order valence-corrected chi connectivity index (χ4v) is 4.66. The number of aromatic nitrogens is 2. The highest BCUT2D eigenvalue weighted by Gasteiger charge is 2.49.